The summed E-state index contributed by atoms with van der Waals surface area (Å²) < 4.78 is 70.1. The van der Waals surface area contributed by atoms with Gasteiger partial charge in [-0.3, -0.25) is 25.2 Å². The smallest absolute Gasteiger partial charge is 0.414 e. The van der Waals surface area contributed by atoms with Crippen molar-refractivity contribution in [3.63, 3.8) is 0 Å². The van der Waals surface area contributed by atoms with Crippen molar-refractivity contribution in [2.75, 3.05) is 29.6 Å². The van der Waals surface area contributed by atoms with Crippen molar-refractivity contribution >= 4 is 115 Å². The summed E-state index contributed by atoms with van der Waals surface area (Å²) in [4.78, 5) is 88.7. The lowest BCUT2D eigenvalue weighted by Gasteiger charge is -2.25. The van der Waals surface area contributed by atoms with Gasteiger partial charge in [0.25, 0.3) is 16.4 Å². The zero-order valence-electron chi connectivity index (χ0n) is 76.9. The number of nitrogens with two attached hydrogens (primary N) is 1. The number of nitrogen functional groups attached to an aromatic ring is 1. The maximum atomic E-state index is 12.7. The number of imidazole rings is 2. The Morgan fingerprint density at radius 1 is 0.482 bits per heavy atom. The standard InChI is InChI=1S/C27H26ClN5O2.C19H20ClN5.C19H22N4O2.C15H14ClNO3S.C14H11ClNO2S.C8H8O.C4H8O/c28-21-13-11-20(12-14-21)24-25(33(18-30-24)22-9-5-2-6-10-22)23-15-16-29-26(31-23)32-27(34)35-17-19-7-3-1-4-8-19;20-14-8-6-13(7-9-14)17-18(16-10-11-22-19(21)24-16)25(12-23-17)15-4-2-1-3-5-15;24-19(25-14-15-7-3-1-4-8-15)23-18-20-12-11-17(22-18)13-21-16-9-5-2-6-10-16;1-11-2-8-14(9-3-11)21(19,20)15(17-10-18)12-4-6-13(16)7-5-12;1-16-14(11-7-9-12(15)10-8-11)19(17,18)13-5-3-2-4-6-13;1-7-2-4-8(6-9)5-3-7;1-2-4-5-3-1/h1,3-4,7-8,11-16,18,22H,2,5-6,9-10,17H2,(H,29,31,32,34);6-12,15H,1-5H2,(H2,21,22,24);1,3-4,7-8,11-13,16H,2,5-6,9-10,14H2,(H,20,22,23,24);2-10,15H,1H3,(H,17,18);1-10,14H;2-6H,1H3;1-4H2/q;;;;+1;;. The minimum absolute atomic E-state index is 0.155. The Labute approximate surface area is 830 Å². The van der Waals surface area contributed by atoms with Crippen LogP contribution >= 0.6 is 46.4 Å². The molecule has 1 aliphatic heterocycles. The number of aryl methyl sites for hydroxylation is 2. The molecule has 0 bridgehead atoms. The lowest BCUT2D eigenvalue weighted by molar-refractivity contribution is -0.109. The van der Waals surface area contributed by atoms with Crippen LogP contribution in [0, 0.1) is 20.4 Å². The molecule has 3 saturated carbocycles. The molecule has 139 heavy (non-hydrogen) atoms. The molecule has 3 amide bonds. The van der Waals surface area contributed by atoms with E-state index in [1.54, 1.807) is 110 Å². The molecule has 4 fully saturated rings. The number of aromatic nitrogens is 10. The summed E-state index contributed by atoms with van der Waals surface area (Å²) in [5, 5.41) is 7.68. The summed E-state index contributed by atoms with van der Waals surface area (Å²) in [6.07, 6.45) is 31.2. The Balaban J connectivity index is 0.000000152. The van der Waals surface area contributed by atoms with E-state index in [-0.39, 0.29) is 40.8 Å². The predicted octanol–water partition coefficient (Wildman–Crippen LogP) is 24.9. The zero-order valence-corrected chi connectivity index (χ0v) is 81.6. The highest BCUT2D eigenvalue weighted by molar-refractivity contribution is 7.92. The molecule has 5 aromatic heterocycles. The first kappa shape index (κ1) is 104. The van der Waals surface area contributed by atoms with E-state index in [1.807, 2.05) is 172 Å². The van der Waals surface area contributed by atoms with Crippen molar-refractivity contribution in [3.05, 3.63) is 356 Å². The summed E-state index contributed by atoms with van der Waals surface area (Å²) in [6.45, 7) is 11.5. The molecule has 33 heteroatoms. The highest BCUT2D eigenvalue weighted by atomic mass is 35.5. The van der Waals surface area contributed by atoms with Gasteiger partial charge >= 0.3 is 17.6 Å². The van der Waals surface area contributed by atoms with Gasteiger partial charge in [-0.2, -0.15) is 0 Å². The Kier molecular flexibility index (Phi) is 40.4. The first-order chi connectivity index (χ1) is 67.5. The van der Waals surface area contributed by atoms with Crippen LogP contribution in [0.2, 0.25) is 20.1 Å². The Morgan fingerprint density at radius 2 is 0.899 bits per heavy atom. The van der Waals surface area contributed by atoms with E-state index in [4.69, 9.17) is 82.9 Å². The summed E-state index contributed by atoms with van der Waals surface area (Å²) in [6, 6.07) is 75.9. The number of carbonyl (C=O) groups excluding carboxylic acids is 4. The molecule has 2 atom stereocenters. The third-order valence-corrected chi connectivity index (χ3v) is 27.7. The first-order valence-electron chi connectivity index (χ1n) is 45.7. The summed E-state index contributed by atoms with van der Waals surface area (Å²) in [7, 11) is -7.38. The van der Waals surface area contributed by atoms with Gasteiger partial charge in [0, 0.05) is 86.9 Å². The topological polar surface area (TPSA) is 356 Å². The summed E-state index contributed by atoms with van der Waals surface area (Å²) in [5.41, 5.74) is 19.2. The van der Waals surface area contributed by atoms with Crippen LogP contribution in [-0.2, 0) is 51.9 Å². The third kappa shape index (κ3) is 31.9. The number of carbonyl (C=O) groups is 4. The van der Waals surface area contributed by atoms with Gasteiger partial charge in [-0.25, -0.2) is 66.3 Å². The number of halogens is 4. The number of rotatable bonds is 23. The van der Waals surface area contributed by atoms with Crippen LogP contribution in [0.4, 0.5) is 27.4 Å². The number of amides is 3. The number of anilines is 3. The van der Waals surface area contributed by atoms with Gasteiger partial charge in [-0.1, -0.05) is 272 Å². The number of nitrogens with zero attached hydrogens (tertiary/aromatic N) is 12. The number of ether oxygens (including phenoxy) is 3. The fourth-order valence-electron chi connectivity index (χ4n) is 15.6. The van der Waals surface area contributed by atoms with Crippen LogP contribution in [-0.4, -0.2) is 116 Å². The van der Waals surface area contributed by atoms with E-state index in [0.29, 0.717) is 67.1 Å². The fourth-order valence-corrected chi connectivity index (χ4v) is 19.1. The van der Waals surface area contributed by atoms with Gasteiger partial charge in [0.05, 0.1) is 73.9 Å². The molecule has 27 nitrogen and oxygen atoms in total. The number of hydrogen-bond donors (Lipinski definition) is 4. The van der Waals surface area contributed by atoms with Crippen molar-refractivity contribution in [2.45, 2.75) is 175 Å². The fraction of sp³-hybridized carbons (Fsp3) is 0.264. The van der Waals surface area contributed by atoms with Gasteiger partial charge in [0.2, 0.25) is 34.1 Å². The molecular weight excluding hydrogens is 1880 g/mol. The van der Waals surface area contributed by atoms with Gasteiger partial charge < -0.3 is 34.4 Å². The first-order valence-corrected chi connectivity index (χ1v) is 50.3. The molecule has 3 aliphatic carbocycles. The Morgan fingerprint density at radius 3 is 1.35 bits per heavy atom. The maximum Gasteiger partial charge on any atom is 0.414 e. The molecule has 18 rings (SSSR count). The molecule has 14 aromatic rings. The Hall–Kier alpha value is -13.7. The molecule has 1 saturated heterocycles. The second kappa shape index (κ2) is 53.9. The molecule has 2 unspecified atom stereocenters. The second-order valence-electron chi connectivity index (χ2n) is 32.9. The summed E-state index contributed by atoms with van der Waals surface area (Å²) in [5.74, 6) is 0.667. The van der Waals surface area contributed by atoms with E-state index >= 15 is 0 Å². The van der Waals surface area contributed by atoms with E-state index in [2.05, 4.69) is 64.8 Å². The van der Waals surface area contributed by atoms with E-state index in [9.17, 15) is 36.0 Å². The highest BCUT2D eigenvalue weighted by Crippen LogP contribution is 2.41. The van der Waals surface area contributed by atoms with Crippen molar-refractivity contribution in [1.82, 2.24) is 54.3 Å². The van der Waals surface area contributed by atoms with Gasteiger partial charge in [-0.05, 0) is 185 Å². The molecule has 718 valence electrons. The number of nitrogens with one attached hydrogen (secondary N) is 3. The monoisotopic (exact) mass is 1990 g/mol. The zero-order chi connectivity index (χ0) is 98.1. The van der Waals surface area contributed by atoms with Gasteiger partial charge in [0.15, 0.2) is 5.37 Å². The van der Waals surface area contributed by atoms with Crippen molar-refractivity contribution < 1.29 is 50.2 Å². The normalized spacial score (nSPS) is 14.1. The van der Waals surface area contributed by atoms with E-state index in [1.165, 1.54) is 113 Å². The van der Waals surface area contributed by atoms with E-state index in [0.717, 1.165) is 107 Å². The molecule has 5 N–H and O–H groups in total. The van der Waals surface area contributed by atoms with Crippen LogP contribution < -0.4 is 21.7 Å². The quantitative estimate of drug-likeness (QED) is 0.0341. The van der Waals surface area contributed by atoms with Gasteiger partial charge in [0.1, 0.15) is 19.5 Å². The largest absolute Gasteiger partial charge is 0.444 e. The number of sulfone groups is 2. The number of benzene rings is 9. The minimum Gasteiger partial charge on any atom is -0.444 e. The average Bonchev–Trinajstić information content (AvgIpc) is 1.66. The predicted molar refractivity (Wildman–Crippen MR) is 548 cm³/mol. The molecule has 0 spiro atoms. The summed E-state index contributed by atoms with van der Waals surface area (Å²) >= 11 is 23.7. The lowest BCUT2D eigenvalue weighted by atomic mass is 9.95. The Bertz CT molecular complexity index is 6550. The molecule has 6 heterocycles. The molecule has 4 aliphatic rings. The average molecular weight is 1990 g/mol. The SMILES string of the molecule is C#[N+]C(c1ccc(Cl)cc1)S(=O)(=O)c1ccccc1.C1CCOC1.Cc1ccc(C=O)cc1.Cc1ccc(S(=O)(=O)C(NC=O)c2ccc(Cl)cc2)cc1.Nc1nccc(-c2c(-c3ccc(Cl)cc3)ncn2C2CCCCC2)n1.O=C(Nc1nccc(-c2c(-c3ccc(Cl)cc3)ncn2C2CCCCC2)n1)OCc1ccccc1.O=C(Nc1nccc(C=NC2CCCCC2)n1)OCc1ccccc1. The molecular formula is C106H109Cl4N16O11S2+. The minimum atomic E-state index is -3.73. The number of aldehydes is 1. The number of aliphatic imine (C=N–C) groups is 1. The third-order valence-electron chi connectivity index (χ3n) is 22.8. The highest BCUT2D eigenvalue weighted by Gasteiger charge is 2.38. The molecule has 0 radical (unpaired) electrons. The van der Waals surface area contributed by atoms with Crippen molar-refractivity contribution in [2.24, 2.45) is 4.99 Å². The van der Waals surface area contributed by atoms with Crippen molar-refractivity contribution in [1.29, 1.82) is 0 Å². The lowest BCUT2D eigenvalue weighted by Crippen LogP contribution is -2.27. The van der Waals surface area contributed by atoms with Crippen LogP contribution in [0.5, 0.6) is 0 Å². The van der Waals surface area contributed by atoms with E-state index < -0.39 is 42.6 Å². The maximum absolute atomic E-state index is 12.7. The second-order valence-corrected chi connectivity index (χ2v) is 38.7. The van der Waals surface area contributed by atoms with Crippen LogP contribution in [0.25, 0.3) is 50.1 Å². The van der Waals surface area contributed by atoms with Crippen LogP contribution in [0.1, 0.15) is 181 Å². The number of hydrogen-bond acceptors (Lipinski definition) is 21. The van der Waals surface area contributed by atoms with Gasteiger partial charge in [-0.15, -0.1) is 0 Å². The van der Waals surface area contributed by atoms with Crippen molar-refractivity contribution in [3.8, 4) is 51.9 Å². The van der Waals surface area contributed by atoms with Crippen LogP contribution in [0.3, 0.4) is 0 Å². The molecule has 9 aromatic carbocycles. The van der Waals surface area contributed by atoms with Crippen LogP contribution in [0.15, 0.2) is 301 Å².